The van der Waals surface area contributed by atoms with Gasteiger partial charge in [-0.25, -0.2) is 9.97 Å². The minimum absolute atomic E-state index is 0.201. The van der Waals surface area contributed by atoms with E-state index >= 15 is 0 Å². The van der Waals surface area contributed by atoms with E-state index in [9.17, 15) is 4.79 Å². The number of anilines is 2. The van der Waals surface area contributed by atoms with Gasteiger partial charge >= 0.3 is 0 Å². The summed E-state index contributed by atoms with van der Waals surface area (Å²) in [5, 5.41) is 6.03. The highest BCUT2D eigenvalue weighted by Gasteiger charge is 2.08. The highest BCUT2D eigenvalue weighted by atomic mass is 16.1. The molecule has 132 valence electrons. The molecule has 0 spiro atoms. The number of carbonyl (C=O) groups is 1. The second-order valence-corrected chi connectivity index (χ2v) is 5.93. The van der Waals surface area contributed by atoms with Crippen molar-refractivity contribution >= 4 is 17.5 Å². The van der Waals surface area contributed by atoms with E-state index in [4.69, 9.17) is 0 Å². The predicted octanol–water partition coefficient (Wildman–Crippen LogP) is 3.76. The van der Waals surface area contributed by atoms with E-state index < -0.39 is 0 Å². The highest BCUT2D eigenvalue weighted by Crippen LogP contribution is 2.14. The van der Waals surface area contributed by atoms with Crippen molar-refractivity contribution in [2.24, 2.45) is 0 Å². The molecule has 0 atom stereocenters. The standard InChI is InChI=1S/C21H22N4O/c1-2-16-8-10-18(11-9-16)24-21-23-15-13-19(25-21)20(26)22-14-12-17-6-4-3-5-7-17/h3-11,13,15H,2,12,14H2,1H3,(H,22,26)(H,23,24,25). The summed E-state index contributed by atoms with van der Waals surface area (Å²) < 4.78 is 0. The monoisotopic (exact) mass is 346 g/mol. The molecule has 1 aromatic heterocycles. The molecule has 0 aliphatic rings. The lowest BCUT2D eigenvalue weighted by Gasteiger charge is -2.08. The van der Waals surface area contributed by atoms with Crippen molar-refractivity contribution in [1.29, 1.82) is 0 Å². The van der Waals surface area contributed by atoms with Crippen molar-refractivity contribution in [3.05, 3.63) is 83.7 Å². The number of carbonyl (C=O) groups excluding carboxylic acids is 1. The molecule has 26 heavy (non-hydrogen) atoms. The zero-order chi connectivity index (χ0) is 18.2. The predicted molar refractivity (Wildman–Crippen MR) is 104 cm³/mol. The summed E-state index contributed by atoms with van der Waals surface area (Å²) in [6, 6.07) is 19.7. The van der Waals surface area contributed by atoms with Gasteiger partial charge in [-0.05, 0) is 42.2 Å². The van der Waals surface area contributed by atoms with Gasteiger partial charge in [-0.2, -0.15) is 0 Å². The van der Waals surface area contributed by atoms with Crippen LogP contribution < -0.4 is 10.6 Å². The van der Waals surface area contributed by atoms with Crippen molar-refractivity contribution < 1.29 is 4.79 Å². The van der Waals surface area contributed by atoms with Crippen molar-refractivity contribution in [2.45, 2.75) is 19.8 Å². The average Bonchev–Trinajstić information content (AvgIpc) is 2.69. The summed E-state index contributed by atoms with van der Waals surface area (Å²) in [5.74, 6) is 0.206. The van der Waals surface area contributed by atoms with Crippen LogP contribution in [0.15, 0.2) is 66.9 Å². The Labute approximate surface area is 153 Å². The number of nitrogens with zero attached hydrogens (tertiary/aromatic N) is 2. The van der Waals surface area contributed by atoms with Crippen molar-refractivity contribution in [3.63, 3.8) is 0 Å². The fraction of sp³-hybridized carbons (Fsp3) is 0.190. The van der Waals surface area contributed by atoms with Gasteiger partial charge in [-0.15, -0.1) is 0 Å². The molecule has 0 bridgehead atoms. The smallest absolute Gasteiger partial charge is 0.270 e. The van der Waals surface area contributed by atoms with Crippen LogP contribution in [0.25, 0.3) is 0 Å². The van der Waals surface area contributed by atoms with Gasteiger partial charge in [0.25, 0.3) is 5.91 Å². The van der Waals surface area contributed by atoms with Crippen LogP contribution in [0.2, 0.25) is 0 Å². The van der Waals surface area contributed by atoms with E-state index in [0.717, 1.165) is 18.5 Å². The van der Waals surface area contributed by atoms with E-state index in [1.807, 2.05) is 42.5 Å². The number of benzene rings is 2. The first-order valence-electron chi connectivity index (χ1n) is 8.75. The molecule has 1 amide bonds. The Bertz CT molecular complexity index is 847. The van der Waals surface area contributed by atoms with E-state index in [-0.39, 0.29) is 5.91 Å². The first-order chi connectivity index (χ1) is 12.7. The number of aryl methyl sites for hydroxylation is 1. The SMILES string of the molecule is CCc1ccc(Nc2nccc(C(=O)NCCc3ccccc3)n2)cc1. The van der Waals surface area contributed by atoms with Crippen LogP contribution in [0.5, 0.6) is 0 Å². The van der Waals surface area contributed by atoms with Crippen LogP contribution in [0, 0.1) is 0 Å². The van der Waals surface area contributed by atoms with Gasteiger partial charge in [0.1, 0.15) is 5.69 Å². The third-order valence-corrected chi connectivity index (χ3v) is 4.05. The van der Waals surface area contributed by atoms with Gasteiger partial charge in [-0.1, -0.05) is 49.4 Å². The van der Waals surface area contributed by atoms with Crippen molar-refractivity contribution in [3.8, 4) is 0 Å². The Morgan fingerprint density at radius 2 is 1.73 bits per heavy atom. The third-order valence-electron chi connectivity index (χ3n) is 4.05. The van der Waals surface area contributed by atoms with Crippen LogP contribution in [-0.4, -0.2) is 22.4 Å². The molecule has 0 aliphatic heterocycles. The Kier molecular flexibility index (Phi) is 5.93. The summed E-state index contributed by atoms with van der Waals surface area (Å²) in [6.45, 7) is 2.68. The lowest BCUT2D eigenvalue weighted by Crippen LogP contribution is -2.26. The molecular weight excluding hydrogens is 324 g/mol. The molecule has 3 aromatic rings. The van der Waals surface area contributed by atoms with Gasteiger partial charge in [0.05, 0.1) is 0 Å². The second kappa shape index (κ2) is 8.76. The zero-order valence-corrected chi connectivity index (χ0v) is 14.8. The topological polar surface area (TPSA) is 66.9 Å². The minimum Gasteiger partial charge on any atom is -0.350 e. The maximum absolute atomic E-state index is 12.3. The third kappa shape index (κ3) is 4.89. The normalized spacial score (nSPS) is 10.3. The summed E-state index contributed by atoms with van der Waals surface area (Å²) in [5.41, 5.74) is 3.70. The van der Waals surface area contributed by atoms with E-state index in [1.165, 1.54) is 11.1 Å². The molecular formula is C21H22N4O. The molecule has 0 saturated heterocycles. The van der Waals surface area contributed by atoms with Crippen LogP contribution in [0.4, 0.5) is 11.6 Å². The molecule has 3 rings (SSSR count). The fourth-order valence-electron chi connectivity index (χ4n) is 2.55. The lowest BCUT2D eigenvalue weighted by atomic mass is 10.1. The quantitative estimate of drug-likeness (QED) is 0.684. The van der Waals surface area contributed by atoms with Crippen LogP contribution in [0.1, 0.15) is 28.5 Å². The van der Waals surface area contributed by atoms with Crippen molar-refractivity contribution in [1.82, 2.24) is 15.3 Å². The number of aromatic nitrogens is 2. The highest BCUT2D eigenvalue weighted by molar-refractivity contribution is 5.92. The lowest BCUT2D eigenvalue weighted by molar-refractivity contribution is 0.0949. The van der Waals surface area contributed by atoms with Crippen LogP contribution >= 0.6 is 0 Å². The molecule has 0 saturated carbocycles. The van der Waals surface area contributed by atoms with Gasteiger partial charge in [0.2, 0.25) is 5.95 Å². The van der Waals surface area contributed by atoms with E-state index in [0.29, 0.717) is 18.2 Å². The average molecular weight is 346 g/mol. The number of rotatable bonds is 7. The second-order valence-electron chi connectivity index (χ2n) is 5.93. The Morgan fingerprint density at radius 1 is 0.962 bits per heavy atom. The largest absolute Gasteiger partial charge is 0.350 e. The number of amides is 1. The Hall–Kier alpha value is -3.21. The first kappa shape index (κ1) is 17.6. The molecule has 5 nitrogen and oxygen atoms in total. The van der Waals surface area contributed by atoms with Crippen LogP contribution in [0.3, 0.4) is 0 Å². The molecule has 1 heterocycles. The molecule has 2 N–H and O–H groups in total. The Balaban J connectivity index is 1.58. The summed E-state index contributed by atoms with van der Waals surface area (Å²) in [4.78, 5) is 20.8. The van der Waals surface area contributed by atoms with Gasteiger partial charge in [0.15, 0.2) is 0 Å². The first-order valence-corrected chi connectivity index (χ1v) is 8.75. The number of nitrogens with one attached hydrogen (secondary N) is 2. The van der Waals surface area contributed by atoms with E-state index in [1.54, 1.807) is 12.3 Å². The van der Waals surface area contributed by atoms with Gasteiger partial charge < -0.3 is 10.6 Å². The van der Waals surface area contributed by atoms with Crippen LogP contribution in [-0.2, 0) is 12.8 Å². The molecule has 0 aliphatic carbocycles. The molecule has 0 radical (unpaired) electrons. The van der Waals surface area contributed by atoms with Gasteiger partial charge in [0, 0.05) is 18.4 Å². The molecule has 0 fully saturated rings. The van der Waals surface area contributed by atoms with E-state index in [2.05, 4.69) is 39.7 Å². The maximum Gasteiger partial charge on any atom is 0.270 e. The summed E-state index contributed by atoms with van der Waals surface area (Å²) in [7, 11) is 0. The zero-order valence-electron chi connectivity index (χ0n) is 14.8. The fourth-order valence-corrected chi connectivity index (χ4v) is 2.55. The molecule has 0 unspecified atom stereocenters. The molecule has 5 heteroatoms. The summed E-state index contributed by atoms with van der Waals surface area (Å²) in [6.07, 6.45) is 3.36. The number of hydrogen-bond donors (Lipinski definition) is 2. The minimum atomic E-state index is -0.201. The number of hydrogen-bond acceptors (Lipinski definition) is 4. The maximum atomic E-state index is 12.3. The Morgan fingerprint density at radius 3 is 2.46 bits per heavy atom. The molecule has 2 aromatic carbocycles. The summed E-state index contributed by atoms with van der Waals surface area (Å²) >= 11 is 0. The van der Waals surface area contributed by atoms with Gasteiger partial charge in [-0.3, -0.25) is 4.79 Å². The van der Waals surface area contributed by atoms with Crippen molar-refractivity contribution in [2.75, 3.05) is 11.9 Å².